The van der Waals surface area contributed by atoms with Gasteiger partial charge in [0.05, 0.1) is 0 Å². The van der Waals surface area contributed by atoms with E-state index in [4.69, 9.17) is 0 Å². The van der Waals surface area contributed by atoms with E-state index in [1.807, 2.05) is 6.07 Å². The average Bonchev–Trinajstić information content (AvgIpc) is 3.44. The van der Waals surface area contributed by atoms with Gasteiger partial charge in [-0.3, -0.25) is 4.79 Å². The van der Waals surface area contributed by atoms with Crippen LogP contribution in [0.1, 0.15) is 50.0 Å². The second-order valence-corrected chi connectivity index (χ2v) is 7.51. The molecule has 0 N–H and O–H groups in total. The fourth-order valence-corrected chi connectivity index (χ4v) is 4.51. The lowest BCUT2D eigenvalue weighted by molar-refractivity contribution is -0.134. The van der Waals surface area contributed by atoms with E-state index >= 15 is 0 Å². The number of piperidine rings is 2. The molecule has 2 atom stereocenters. The van der Waals surface area contributed by atoms with Crippen molar-refractivity contribution >= 4 is 5.91 Å². The van der Waals surface area contributed by atoms with Gasteiger partial charge < -0.3 is 9.80 Å². The molecule has 1 aliphatic carbocycles. The van der Waals surface area contributed by atoms with Crippen molar-refractivity contribution in [3.05, 3.63) is 35.9 Å². The summed E-state index contributed by atoms with van der Waals surface area (Å²) in [6.07, 6.45) is 7.52. The van der Waals surface area contributed by atoms with Gasteiger partial charge in [-0.25, -0.2) is 0 Å². The predicted octanol–water partition coefficient (Wildman–Crippen LogP) is 3.27. The van der Waals surface area contributed by atoms with E-state index in [1.54, 1.807) is 0 Å². The summed E-state index contributed by atoms with van der Waals surface area (Å²) in [6.45, 7) is 4.49. The molecule has 3 aliphatic rings. The SMILES string of the molecule is O=C([C@H]1C[C@@H]1c1ccccc1)N1CCC(N2CCCCC2)CC1. The van der Waals surface area contributed by atoms with E-state index in [2.05, 4.69) is 34.1 Å². The molecule has 0 aromatic heterocycles. The number of nitrogens with zero attached hydrogens (tertiary/aromatic N) is 2. The van der Waals surface area contributed by atoms with Gasteiger partial charge in [-0.1, -0.05) is 36.8 Å². The van der Waals surface area contributed by atoms with E-state index in [-0.39, 0.29) is 5.92 Å². The van der Waals surface area contributed by atoms with E-state index < -0.39 is 0 Å². The van der Waals surface area contributed by atoms with Crippen molar-refractivity contribution in [2.45, 2.75) is 50.5 Å². The Labute approximate surface area is 139 Å². The standard InChI is InChI=1S/C20H28N2O/c23-20(19-15-18(19)16-7-3-1-4-8-16)22-13-9-17(10-14-22)21-11-5-2-6-12-21/h1,3-4,7-8,17-19H,2,5-6,9-15H2/t18-,19+/m1/s1. The number of rotatable bonds is 3. The van der Waals surface area contributed by atoms with Gasteiger partial charge in [-0.15, -0.1) is 0 Å². The molecule has 3 heteroatoms. The Bertz CT molecular complexity index is 530. The zero-order chi connectivity index (χ0) is 15.6. The molecular formula is C20H28N2O. The van der Waals surface area contributed by atoms with Gasteiger partial charge in [0.15, 0.2) is 0 Å². The van der Waals surface area contributed by atoms with E-state index in [1.165, 1.54) is 50.8 Å². The summed E-state index contributed by atoms with van der Waals surface area (Å²) in [4.78, 5) is 17.6. The van der Waals surface area contributed by atoms with E-state index in [0.717, 1.165) is 25.6 Å². The van der Waals surface area contributed by atoms with Crippen LogP contribution >= 0.6 is 0 Å². The molecule has 1 aromatic rings. The molecule has 0 unspecified atom stereocenters. The molecule has 3 fully saturated rings. The largest absolute Gasteiger partial charge is 0.342 e. The molecule has 1 aromatic carbocycles. The van der Waals surface area contributed by atoms with Crippen LogP contribution in [-0.4, -0.2) is 47.9 Å². The number of carbonyl (C=O) groups excluding carboxylic acids is 1. The quantitative estimate of drug-likeness (QED) is 0.855. The Hall–Kier alpha value is -1.35. The first kappa shape index (κ1) is 15.2. The molecule has 2 heterocycles. The van der Waals surface area contributed by atoms with E-state index in [9.17, 15) is 4.79 Å². The first-order chi connectivity index (χ1) is 11.3. The number of amides is 1. The van der Waals surface area contributed by atoms with Crippen LogP contribution in [0.15, 0.2) is 30.3 Å². The van der Waals surface area contributed by atoms with Crippen molar-refractivity contribution in [2.75, 3.05) is 26.2 Å². The molecule has 124 valence electrons. The van der Waals surface area contributed by atoms with Gasteiger partial charge in [0.1, 0.15) is 0 Å². The molecule has 4 rings (SSSR count). The minimum absolute atomic E-state index is 0.254. The summed E-state index contributed by atoms with van der Waals surface area (Å²) in [5, 5.41) is 0. The highest BCUT2D eigenvalue weighted by Gasteiger charge is 2.46. The third-order valence-electron chi connectivity index (χ3n) is 6.02. The number of carbonyl (C=O) groups is 1. The van der Waals surface area contributed by atoms with Crippen LogP contribution in [0.4, 0.5) is 0 Å². The summed E-state index contributed by atoms with van der Waals surface area (Å²) in [7, 11) is 0. The zero-order valence-electron chi connectivity index (χ0n) is 14.0. The maximum atomic E-state index is 12.7. The minimum Gasteiger partial charge on any atom is -0.342 e. The molecule has 2 saturated heterocycles. The highest BCUT2D eigenvalue weighted by Crippen LogP contribution is 2.48. The van der Waals surface area contributed by atoms with Crippen molar-refractivity contribution in [1.82, 2.24) is 9.80 Å². The van der Waals surface area contributed by atoms with E-state index in [0.29, 0.717) is 11.8 Å². The molecule has 3 nitrogen and oxygen atoms in total. The molecule has 0 radical (unpaired) electrons. The maximum absolute atomic E-state index is 12.7. The number of hydrogen-bond acceptors (Lipinski definition) is 2. The first-order valence-corrected chi connectivity index (χ1v) is 9.41. The van der Waals surface area contributed by atoms with Gasteiger partial charge >= 0.3 is 0 Å². The Balaban J connectivity index is 1.28. The van der Waals surface area contributed by atoms with Gasteiger partial charge in [0.25, 0.3) is 0 Å². The van der Waals surface area contributed by atoms with Crippen LogP contribution in [0, 0.1) is 5.92 Å². The third-order valence-corrected chi connectivity index (χ3v) is 6.02. The highest BCUT2D eigenvalue weighted by molar-refractivity contribution is 5.83. The minimum atomic E-state index is 0.254. The summed E-state index contributed by atoms with van der Waals surface area (Å²) in [5.41, 5.74) is 1.34. The molecule has 0 spiro atoms. The van der Waals surface area contributed by atoms with Gasteiger partial charge in [0.2, 0.25) is 5.91 Å². The molecule has 23 heavy (non-hydrogen) atoms. The smallest absolute Gasteiger partial charge is 0.226 e. The van der Waals surface area contributed by atoms with Crippen LogP contribution in [0.25, 0.3) is 0 Å². The Morgan fingerprint density at radius 2 is 1.61 bits per heavy atom. The van der Waals surface area contributed by atoms with Crippen LogP contribution in [-0.2, 0) is 4.79 Å². The second kappa shape index (κ2) is 6.64. The lowest BCUT2D eigenvalue weighted by Gasteiger charge is -2.40. The number of benzene rings is 1. The number of hydrogen-bond donors (Lipinski definition) is 0. The van der Waals surface area contributed by atoms with Crippen molar-refractivity contribution < 1.29 is 4.79 Å². The molecular weight excluding hydrogens is 284 g/mol. The Kier molecular flexibility index (Phi) is 4.39. The fraction of sp³-hybridized carbons (Fsp3) is 0.650. The summed E-state index contributed by atoms with van der Waals surface area (Å²) >= 11 is 0. The van der Waals surface area contributed by atoms with Crippen LogP contribution in [0.5, 0.6) is 0 Å². The molecule has 1 amide bonds. The monoisotopic (exact) mass is 312 g/mol. The summed E-state index contributed by atoms with van der Waals surface area (Å²) < 4.78 is 0. The molecule has 0 bridgehead atoms. The van der Waals surface area contributed by atoms with Gasteiger partial charge in [-0.05, 0) is 56.7 Å². The predicted molar refractivity (Wildman–Crippen MR) is 92.3 cm³/mol. The summed E-state index contributed by atoms with van der Waals surface area (Å²) in [5.74, 6) is 1.14. The lowest BCUT2D eigenvalue weighted by Crippen LogP contribution is -2.48. The second-order valence-electron chi connectivity index (χ2n) is 7.51. The summed E-state index contributed by atoms with van der Waals surface area (Å²) in [6, 6.07) is 11.3. The topological polar surface area (TPSA) is 23.6 Å². The lowest BCUT2D eigenvalue weighted by atomic mass is 9.99. The third kappa shape index (κ3) is 3.30. The van der Waals surface area contributed by atoms with Crippen molar-refractivity contribution in [2.24, 2.45) is 5.92 Å². The van der Waals surface area contributed by atoms with Crippen LogP contribution < -0.4 is 0 Å². The molecule has 1 saturated carbocycles. The first-order valence-electron chi connectivity index (χ1n) is 9.41. The van der Waals surface area contributed by atoms with Crippen LogP contribution in [0.3, 0.4) is 0 Å². The van der Waals surface area contributed by atoms with Gasteiger partial charge in [0, 0.05) is 25.0 Å². The normalized spacial score (nSPS) is 29.5. The number of likely N-dealkylation sites (tertiary alicyclic amines) is 2. The highest BCUT2D eigenvalue weighted by atomic mass is 16.2. The van der Waals surface area contributed by atoms with Crippen molar-refractivity contribution in [1.29, 1.82) is 0 Å². The average molecular weight is 312 g/mol. The Morgan fingerprint density at radius 1 is 0.913 bits per heavy atom. The van der Waals surface area contributed by atoms with Gasteiger partial charge in [-0.2, -0.15) is 0 Å². The fourth-order valence-electron chi connectivity index (χ4n) is 4.51. The molecule has 2 aliphatic heterocycles. The van der Waals surface area contributed by atoms with Crippen LogP contribution in [0.2, 0.25) is 0 Å². The van der Waals surface area contributed by atoms with Crippen molar-refractivity contribution in [3.8, 4) is 0 Å². The zero-order valence-corrected chi connectivity index (χ0v) is 14.0. The Morgan fingerprint density at radius 3 is 2.30 bits per heavy atom. The maximum Gasteiger partial charge on any atom is 0.226 e. The van der Waals surface area contributed by atoms with Crippen molar-refractivity contribution in [3.63, 3.8) is 0 Å².